The highest BCUT2D eigenvalue weighted by molar-refractivity contribution is 14.0. The second-order valence-corrected chi connectivity index (χ2v) is 6.15. The molecule has 1 N–H and O–H groups in total. The molecule has 8 heteroatoms. The molecule has 0 aliphatic carbocycles. The number of nitrogens with one attached hydrogen (secondary N) is 1. The number of benzene rings is 1. The van der Waals surface area contributed by atoms with Crippen molar-refractivity contribution >= 4 is 41.5 Å². The number of ether oxygens (including phenoxy) is 1. The van der Waals surface area contributed by atoms with Crippen molar-refractivity contribution in [2.24, 2.45) is 12.0 Å². The Bertz CT molecular complexity index is 721. The van der Waals surface area contributed by atoms with Gasteiger partial charge in [-0.3, -0.25) is 9.67 Å². The van der Waals surface area contributed by atoms with E-state index in [2.05, 4.69) is 20.3 Å². The van der Waals surface area contributed by atoms with Crippen LogP contribution in [0.2, 0.25) is 5.02 Å². The van der Waals surface area contributed by atoms with Crippen LogP contribution in [0, 0.1) is 0 Å². The maximum Gasteiger partial charge on any atom is 0.194 e. The Balaban J connectivity index is 0.00000225. The van der Waals surface area contributed by atoms with Gasteiger partial charge >= 0.3 is 0 Å². The van der Waals surface area contributed by atoms with Crippen LogP contribution in [0.5, 0.6) is 0 Å². The molecule has 3 rings (SSSR count). The number of halogens is 2. The van der Waals surface area contributed by atoms with Gasteiger partial charge in [-0.25, -0.2) is 0 Å². The summed E-state index contributed by atoms with van der Waals surface area (Å²) < 4.78 is 7.68. The topological polar surface area (TPSA) is 54.7 Å². The van der Waals surface area contributed by atoms with E-state index in [-0.39, 0.29) is 30.1 Å². The Morgan fingerprint density at radius 1 is 1.44 bits per heavy atom. The Hall–Kier alpha value is -1.32. The van der Waals surface area contributed by atoms with Crippen LogP contribution in [0.3, 0.4) is 0 Å². The Morgan fingerprint density at radius 2 is 2.24 bits per heavy atom. The van der Waals surface area contributed by atoms with Crippen molar-refractivity contribution in [2.45, 2.75) is 12.6 Å². The number of aliphatic imine (C=N–C) groups is 1. The van der Waals surface area contributed by atoms with E-state index >= 15 is 0 Å². The summed E-state index contributed by atoms with van der Waals surface area (Å²) in [5.41, 5.74) is 2.14. The number of aromatic nitrogens is 2. The maximum absolute atomic E-state index is 6.22. The molecule has 1 atom stereocenters. The number of hydrogen-bond acceptors (Lipinski definition) is 3. The quantitative estimate of drug-likeness (QED) is 0.421. The Morgan fingerprint density at radius 3 is 2.92 bits per heavy atom. The minimum atomic E-state index is 0. The van der Waals surface area contributed by atoms with Crippen molar-refractivity contribution in [1.82, 2.24) is 20.0 Å². The molecule has 6 nitrogen and oxygen atoms in total. The molecule has 0 spiro atoms. The predicted molar refractivity (Wildman–Crippen MR) is 111 cm³/mol. The summed E-state index contributed by atoms with van der Waals surface area (Å²) in [4.78, 5) is 6.61. The zero-order valence-corrected chi connectivity index (χ0v) is 17.4. The summed E-state index contributed by atoms with van der Waals surface area (Å²) in [5, 5.41) is 8.37. The molecule has 0 amide bonds. The van der Waals surface area contributed by atoms with Gasteiger partial charge in [0.25, 0.3) is 0 Å². The van der Waals surface area contributed by atoms with Gasteiger partial charge in [0.05, 0.1) is 19.3 Å². The largest absolute Gasteiger partial charge is 0.370 e. The van der Waals surface area contributed by atoms with Gasteiger partial charge in [0.2, 0.25) is 0 Å². The van der Waals surface area contributed by atoms with Crippen molar-refractivity contribution in [1.29, 1.82) is 0 Å². The third kappa shape index (κ3) is 5.08. The maximum atomic E-state index is 6.22. The number of hydrogen-bond donors (Lipinski definition) is 1. The van der Waals surface area contributed by atoms with E-state index in [1.807, 2.05) is 43.7 Å². The normalized spacial score (nSPS) is 18.0. The number of nitrogens with zero attached hydrogens (tertiary/aromatic N) is 4. The van der Waals surface area contributed by atoms with E-state index in [1.54, 1.807) is 11.7 Å². The van der Waals surface area contributed by atoms with Crippen molar-refractivity contribution in [3.05, 3.63) is 52.8 Å². The molecule has 0 radical (unpaired) electrons. The monoisotopic (exact) mass is 475 g/mol. The summed E-state index contributed by atoms with van der Waals surface area (Å²) in [7, 11) is 3.71. The van der Waals surface area contributed by atoms with Crippen LogP contribution in [0.4, 0.5) is 0 Å². The van der Waals surface area contributed by atoms with Gasteiger partial charge in [0, 0.05) is 44.0 Å². The Kier molecular flexibility index (Phi) is 7.52. The van der Waals surface area contributed by atoms with Crippen molar-refractivity contribution < 1.29 is 4.74 Å². The predicted octanol–water partition coefficient (Wildman–Crippen LogP) is 2.84. The molecule has 0 bridgehead atoms. The molecule has 1 unspecified atom stereocenters. The third-order valence-corrected chi connectivity index (χ3v) is 4.44. The molecule has 0 saturated carbocycles. The van der Waals surface area contributed by atoms with Crippen LogP contribution in [0.15, 0.2) is 41.7 Å². The van der Waals surface area contributed by atoms with Gasteiger partial charge < -0.3 is 15.0 Å². The zero-order chi connectivity index (χ0) is 16.9. The first-order valence-corrected chi connectivity index (χ1v) is 8.34. The van der Waals surface area contributed by atoms with Crippen molar-refractivity contribution in [2.75, 3.05) is 26.7 Å². The molecule has 2 heterocycles. The van der Waals surface area contributed by atoms with E-state index in [9.17, 15) is 0 Å². The van der Waals surface area contributed by atoms with Crippen LogP contribution in [-0.4, -0.2) is 47.4 Å². The molecule has 2 aromatic rings. The number of guanidine groups is 1. The first-order chi connectivity index (χ1) is 11.7. The summed E-state index contributed by atoms with van der Waals surface area (Å²) in [6.45, 7) is 2.85. The second kappa shape index (κ2) is 9.40. The average molecular weight is 476 g/mol. The molecule has 1 aliphatic heterocycles. The van der Waals surface area contributed by atoms with E-state index in [4.69, 9.17) is 16.3 Å². The van der Waals surface area contributed by atoms with Crippen molar-refractivity contribution in [3.63, 3.8) is 0 Å². The summed E-state index contributed by atoms with van der Waals surface area (Å²) in [6.07, 6.45) is 3.86. The zero-order valence-electron chi connectivity index (χ0n) is 14.4. The number of morpholine rings is 1. The average Bonchev–Trinajstić information content (AvgIpc) is 3.04. The summed E-state index contributed by atoms with van der Waals surface area (Å²) in [5.74, 6) is 0.854. The SMILES string of the molecule is CN=C(NCc1ccccc1Cl)N1CCOC(c2cnn(C)c2)C1.I. The van der Waals surface area contributed by atoms with Gasteiger partial charge in [-0.1, -0.05) is 29.8 Å². The third-order valence-electron chi connectivity index (χ3n) is 4.07. The standard InChI is InChI=1S/C17H22ClN5O.HI/c1-19-17(20-9-13-5-3-4-6-15(13)18)23-7-8-24-16(12-23)14-10-21-22(2)11-14;/h3-6,10-11,16H,7-9,12H2,1-2H3,(H,19,20);1H. The molecule has 136 valence electrons. The summed E-state index contributed by atoms with van der Waals surface area (Å²) in [6, 6.07) is 7.83. The van der Waals surface area contributed by atoms with E-state index in [0.29, 0.717) is 13.2 Å². The first-order valence-electron chi connectivity index (χ1n) is 7.96. The molecule has 1 aliphatic rings. The Labute approximate surface area is 170 Å². The highest BCUT2D eigenvalue weighted by atomic mass is 127. The highest BCUT2D eigenvalue weighted by Crippen LogP contribution is 2.22. The lowest BCUT2D eigenvalue weighted by atomic mass is 10.1. The fraction of sp³-hybridized carbons (Fsp3) is 0.412. The fourth-order valence-electron chi connectivity index (χ4n) is 2.80. The van der Waals surface area contributed by atoms with Gasteiger partial charge in [0.15, 0.2) is 5.96 Å². The fourth-order valence-corrected chi connectivity index (χ4v) is 3.00. The smallest absolute Gasteiger partial charge is 0.194 e. The minimum Gasteiger partial charge on any atom is -0.370 e. The lowest BCUT2D eigenvalue weighted by Crippen LogP contribution is -2.47. The second-order valence-electron chi connectivity index (χ2n) is 5.74. The van der Waals surface area contributed by atoms with Crippen LogP contribution in [-0.2, 0) is 18.3 Å². The van der Waals surface area contributed by atoms with Crippen LogP contribution in [0.1, 0.15) is 17.2 Å². The van der Waals surface area contributed by atoms with Crippen LogP contribution in [0.25, 0.3) is 0 Å². The number of aryl methyl sites for hydroxylation is 1. The molecular weight excluding hydrogens is 453 g/mol. The molecular formula is C17H23ClIN5O. The lowest BCUT2D eigenvalue weighted by Gasteiger charge is -2.34. The van der Waals surface area contributed by atoms with Crippen LogP contribution < -0.4 is 5.32 Å². The van der Waals surface area contributed by atoms with E-state index in [1.165, 1.54) is 0 Å². The molecule has 1 aromatic heterocycles. The van der Waals surface area contributed by atoms with E-state index in [0.717, 1.165) is 35.2 Å². The van der Waals surface area contributed by atoms with Gasteiger partial charge in [-0.15, -0.1) is 24.0 Å². The van der Waals surface area contributed by atoms with Crippen molar-refractivity contribution in [3.8, 4) is 0 Å². The summed E-state index contributed by atoms with van der Waals surface area (Å²) >= 11 is 6.22. The van der Waals surface area contributed by atoms with E-state index < -0.39 is 0 Å². The van der Waals surface area contributed by atoms with Crippen LogP contribution >= 0.6 is 35.6 Å². The van der Waals surface area contributed by atoms with Gasteiger partial charge in [-0.2, -0.15) is 5.10 Å². The molecule has 1 saturated heterocycles. The molecule has 1 fully saturated rings. The molecule has 1 aromatic carbocycles. The van der Waals surface area contributed by atoms with Gasteiger partial charge in [-0.05, 0) is 11.6 Å². The minimum absolute atomic E-state index is 0. The lowest BCUT2D eigenvalue weighted by molar-refractivity contribution is -0.00805. The first kappa shape index (κ1) is 20.0. The van der Waals surface area contributed by atoms with Gasteiger partial charge in [0.1, 0.15) is 6.10 Å². The molecule has 25 heavy (non-hydrogen) atoms. The number of rotatable bonds is 3. The highest BCUT2D eigenvalue weighted by Gasteiger charge is 2.25.